The molecule has 0 saturated carbocycles. The van der Waals surface area contributed by atoms with E-state index in [0.717, 1.165) is 32.5 Å². The van der Waals surface area contributed by atoms with Gasteiger partial charge in [0.2, 0.25) is 0 Å². The molecule has 0 aromatic heterocycles. The van der Waals surface area contributed by atoms with Crippen molar-refractivity contribution < 1.29 is 9.53 Å². The average Bonchev–Trinajstić information content (AvgIpc) is 2.44. The zero-order valence-corrected chi connectivity index (χ0v) is 14.2. The Labute approximate surface area is 133 Å². The summed E-state index contributed by atoms with van der Waals surface area (Å²) in [6, 6.07) is 0. The molecule has 1 fully saturated rings. The van der Waals surface area contributed by atoms with Gasteiger partial charge in [-0.1, -0.05) is 5.57 Å². The number of nitrogens with zero attached hydrogens (tertiary/aromatic N) is 1. The van der Waals surface area contributed by atoms with Gasteiger partial charge in [-0.3, -0.25) is 5.32 Å². The van der Waals surface area contributed by atoms with E-state index in [1.165, 1.54) is 5.57 Å². The predicted molar refractivity (Wildman–Crippen MR) is 88.4 cm³/mol. The normalized spacial score (nSPS) is 23.0. The Hall–Kier alpha value is -1.49. The fraction of sp³-hybridized carbons (Fsp3) is 0.706. The van der Waals surface area contributed by atoms with E-state index in [4.69, 9.17) is 4.74 Å². The van der Waals surface area contributed by atoms with E-state index in [9.17, 15) is 4.79 Å². The number of rotatable bonds is 3. The van der Waals surface area contributed by atoms with Crippen LogP contribution in [0.25, 0.3) is 0 Å². The van der Waals surface area contributed by atoms with Crippen molar-refractivity contribution in [3.8, 4) is 0 Å². The van der Waals surface area contributed by atoms with Gasteiger partial charge in [-0.2, -0.15) is 0 Å². The quantitative estimate of drug-likeness (QED) is 0.841. The number of nitrogens with one attached hydrogen (secondary N) is 2. The Balaban J connectivity index is 1.69. The predicted octanol–water partition coefficient (Wildman–Crippen LogP) is 2.61. The Morgan fingerprint density at radius 3 is 2.68 bits per heavy atom. The number of ether oxygens (including phenoxy) is 1. The number of allylic oxidation sites excluding steroid dienone is 2. The van der Waals surface area contributed by atoms with Crippen LogP contribution in [0.3, 0.4) is 0 Å². The largest absolute Gasteiger partial charge is 0.444 e. The van der Waals surface area contributed by atoms with Crippen molar-refractivity contribution in [2.45, 2.75) is 52.3 Å². The molecule has 1 amide bonds. The second-order valence-corrected chi connectivity index (χ2v) is 7.21. The highest BCUT2D eigenvalue weighted by Crippen LogP contribution is 2.19. The van der Waals surface area contributed by atoms with Gasteiger partial charge in [-0.15, -0.1) is 0 Å². The molecular weight excluding hydrogens is 278 g/mol. The number of carbonyl (C=O) groups is 1. The van der Waals surface area contributed by atoms with E-state index in [2.05, 4.69) is 29.7 Å². The Morgan fingerprint density at radius 1 is 1.41 bits per heavy atom. The fourth-order valence-corrected chi connectivity index (χ4v) is 2.71. The summed E-state index contributed by atoms with van der Waals surface area (Å²) < 4.78 is 5.43. The lowest BCUT2D eigenvalue weighted by atomic mass is 9.97. The number of piperidine rings is 1. The van der Waals surface area contributed by atoms with Crippen molar-refractivity contribution in [1.82, 2.24) is 15.5 Å². The van der Waals surface area contributed by atoms with Crippen LogP contribution >= 0.6 is 0 Å². The molecular formula is C17H29N3O2. The van der Waals surface area contributed by atoms with Gasteiger partial charge in [0, 0.05) is 19.6 Å². The summed E-state index contributed by atoms with van der Waals surface area (Å²) in [5, 5.41) is 6.82. The molecule has 22 heavy (non-hydrogen) atoms. The van der Waals surface area contributed by atoms with E-state index in [1.807, 2.05) is 31.9 Å². The van der Waals surface area contributed by atoms with Crippen molar-refractivity contribution in [1.29, 1.82) is 0 Å². The van der Waals surface area contributed by atoms with Gasteiger partial charge in [0.1, 0.15) is 5.60 Å². The van der Waals surface area contributed by atoms with Crippen molar-refractivity contribution in [3.05, 3.63) is 23.9 Å². The molecule has 1 atom stereocenters. The third kappa shape index (κ3) is 5.37. The molecule has 0 bridgehead atoms. The molecule has 5 heteroatoms. The second kappa shape index (κ2) is 7.18. The maximum atomic E-state index is 12.0. The van der Waals surface area contributed by atoms with Gasteiger partial charge in [-0.05, 0) is 64.8 Å². The Kier molecular flexibility index (Phi) is 5.51. The summed E-state index contributed by atoms with van der Waals surface area (Å²) in [5.74, 6) is 0.611. The summed E-state index contributed by atoms with van der Waals surface area (Å²) in [4.78, 5) is 13.9. The molecule has 2 N–H and O–H groups in total. The minimum Gasteiger partial charge on any atom is -0.444 e. The smallest absolute Gasteiger partial charge is 0.410 e. The molecule has 2 aliphatic rings. The number of dihydropyridines is 1. The van der Waals surface area contributed by atoms with Gasteiger partial charge in [-0.25, -0.2) is 4.79 Å². The van der Waals surface area contributed by atoms with E-state index >= 15 is 0 Å². The molecule has 0 aliphatic carbocycles. The summed E-state index contributed by atoms with van der Waals surface area (Å²) >= 11 is 0. The third-order valence-corrected chi connectivity index (χ3v) is 3.94. The zero-order chi connectivity index (χ0) is 16.2. The maximum absolute atomic E-state index is 12.0. The molecule has 1 saturated heterocycles. The molecule has 0 aromatic rings. The second-order valence-electron chi connectivity index (χ2n) is 7.21. The monoisotopic (exact) mass is 307 g/mol. The van der Waals surface area contributed by atoms with Gasteiger partial charge >= 0.3 is 6.09 Å². The maximum Gasteiger partial charge on any atom is 0.410 e. The topological polar surface area (TPSA) is 53.6 Å². The van der Waals surface area contributed by atoms with Gasteiger partial charge in [0.15, 0.2) is 0 Å². The summed E-state index contributed by atoms with van der Waals surface area (Å²) in [6.45, 7) is 10.4. The van der Waals surface area contributed by atoms with Gasteiger partial charge in [0.05, 0.1) is 6.17 Å². The van der Waals surface area contributed by atoms with E-state index in [0.29, 0.717) is 5.92 Å². The van der Waals surface area contributed by atoms with Crippen LogP contribution in [0.2, 0.25) is 0 Å². The summed E-state index contributed by atoms with van der Waals surface area (Å²) in [5.41, 5.74) is 0.857. The zero-order valence-electron chi connectivity index (χ0n) is 14.2. The van der Waals surface area contributed by atoms with Crippen LogP contribution in [0.1, 0.15) is 40.5 Å². The first-order valence-corrected chi connectivity index (χ1v) is 8.16. The van der Waals surface area contributed by atoms with Crippen LogP contribution in [0, 0.1) is 5.92 Å². The van der Waals surface area contributed by atoms with Crippen molar-refractivity contribution in [2.75, 3.05) is 19.6 Å². The van der Waals surface area contributed by atoms with Crippen molar-refractivity contribution in [2.24, 2.45) is 5.92 Å². The van der Waals surface area contributed by atoms with Crippen LogP contribution in [0.15, 0.2) is 23.9 Å². The van der Waals surface area contributed by atoms with E-state index in [-0.39, 0.29) is 12.3 Å². The number of hydrogen-bond acceptors (Lipinski definition) is 4. The highest BCUT2D eigenvalue weighted by molar-refractivity contribution is 5.68. The number of likely N-dealkylation sites (tertiary alicyclic amines) is 1. The lowest BCUT2D eigenvalue weighted by Gasteiger charge is -2.34. The number of hydrogen-bond donors (Lipinski definition) is 2. The van der Waals surface area contributed by atoms with Crippen LogP contribution in [-0.2, 0) is 4.74 Å². The first-order chi connectivity index (χ1) is 10.3. The first-order valence-electron chi connectivity index (χ1n) is 8.16. The number of carbonyl (C=O) groups excluding carboxylic acids is 1. The fourth-order valence-electron chi connectivity index (χ4n) is 2.71. The molecule has 2 aliphatic heterocycles. The molecule has 1 unspecified atom stereocenters. The molecule has 124 valence electrons. The molecule has 5 nitrogen and oxygen atoms in total. The summed E-state index contributed by atoms with van der Waals surface area (Å²) in [6.07, 6.45) is 8.32. The van der Waals surface area contributed by atoms with Crippen LogP contribution in [0.5, 0.6) is 0 Å². The Bertz CT molecular complexity index is 443. The molecule has 2 heterocycles. The molecule has 2 rings (SSSR count). The number of amides is 1. The van der Waals surface area contributed by atoms with Crippen LogP contribution in [0.4, 0.5) is 4.79 Å². The average molecular weight is 307 g/mol. The Morgan fingerprint density at radius 2 is 2.09 bits per heavy atom. The SMILES string of the molecule is CC1=CC(NCC2CCN(C(=O)OC(C)(C)C)CC2)NC=C1. The molecule has 0 spiro atoms. The van der Waals surface area contributed by atoms with E-state index in [1.54, 1.807) is 0 Å². The lowest BCUT2D eigenvalue weighted by Crippen LogP contribution is -2.46. The van der Waals surface area contributed by atoms with Gasteiger partial charge < -0.3 is 15.0 Å². The highest BCUT2D eigenvalue weighted by atomic mass is 16.6. The highest BCUT2D eigenvalue weighted by Gasteiger charge is 2.26. The standard InChI is InChI=1S/C17H29N3O2/c1-13-5-8-18-15(11-13)19-12-14-6-9-20(10-7-14)16(21)22-17(2,3)4/h5,8,11,14-15,18-19H,6-7,9-10,12H2,1-4H3. The van der Waals surface area contributed by atoms with Crippen molar-refractivity contribution in [3.63, 3.8) is 0 Å². The minimum absolute atomic E-state index is 0.184. The minimum atomic E-state index is -0.417. The summed E-state index contributed by atoms with van der Waals surface area (Å²) in [7, 11) is 0. The van der Waals surface area contributed by atoms with Gasteiger partial charge in [0.25, 0.3) is 0 Å². The van der Waals surface area contributed by atoms with Crippen LogP contribution in [-0.4, -0.2) is 42.4 Å². The van der Waals surface area contributed by atoms with Crippen LogP contribution < -0.4 is 10.6 Å². The molecule has 0 radical (unpaired) electrons. The third-order valence-electron chi connectivity index (χ3n) is 3.94. The first kappa shape index (κ1) is 16.9. The lowest BCUT2D eigenvalue weighted by molar-refractivity contribution is 0.0183. The van der Waals surface area contributed by atoms with E-state index < -0.39 is 5.60 Å². The molecule has 0 aromatic carbocycles. The van der Waals surface area contributed by atoms with Crippen molar-refractivity contribution >= 4 is 6.09 Å².